The van der Waals surface area contributed by atoms with Gasteiger partial charge < -0.3 is 15.5 Å². The highest BCUT2D eigenvalue weighted by atomic mass is 35.5. The summed E-state index contributed by atoms with van der Waals surface area (Å²) >= 11 is 7.81. The van der Waals surface area contributed by atoms with Gasteiger partial charge >= 0.3 is 0 Å². The number of furan rings is 1. The molecule has 0 spiro atoms. The molecule has 3 N–H and O–H groups in total. The number of halogens is 1. The third kappa shape index (κ3) is 3.18. The molecule has 3 heterocycles. The van der Waals surface area contributed by atoms with Crippen molar-refractivity contribution < 1.29 is 4.42 Å². The summed E-state index contributed by atoms with van der Waals surface area (Å²) in [4.78, 5) is 9.83. The Bertz CT molecular complexity index is 960. The molecule has 134 valence electrons. The van der Waals surface area contributed by atoms with E-state index in [-0.39, 0.29) is 17.2 Å². The fourth-order valence-electron chi connectivity index (χ4n) is 3.56. The number of hydrogen-bond donors (Lipinski definition) is 2. The van der Waals surface area contributed by atoms with Gasteiger partial charge in [-0.2, -0.15) is 4.98 Å². The van der Waals surface area contributed by atoms with Crippen molar-refractivity contribution in [3.05, 3.63) is 39.0 Å². The maximum atomic E-state index is 6.34. The summed E-state index contributed by atoms with van der Waals surface area (Å²) in [6, 6.07) is 4.11. The van der Waals surface area contributed by atoms with E-state index in [9.17, 15) is 0 Å². The van der Waals surface area contributed by atoms with Crippen molar-refractivity contribution in [1.82, 2.24) is 9.97 Å². The first-order valence-electron chi connectivity index (χ1n) is 8.65. The normalized spacial score (nSPS) is 20.2. The molecule has 0 radical (unpaired) electrons. The summed E-state index contributed by atoms with van der Waals surface area (Å²) in [6.45, 7) is 0.629. The Morgan fingerprint density at radius 3 is 2.96 bits per heavy atom. The minimum atomic E-state index is 0.0439. The lowest BCUT2D eigenvalue weighted by Crippen LogP contribution is -2.31. The Morgan fingerprint density at radius 2 is 2.23 bits per heavy atom. The van der Waals surface area contributed by atoms with E-state index < -0.39 is 0 Å². The van der Waals surface area contributed by atoms with Gasteiger partial charge in [0.2, 0.25) is 5.28 Å². The number of thiophene rings is 1. The van der Waals surface area contributed by atoms with Gasteiger partial charge in [-0.1, -0.05) is 24.8 Å². The molecule has 2 atom stereocenters. The summed E-state index contributed by atoms with van der Waals surface area (Å²) in [5.41, 5.74) is 8.11. The van der Waals surface area contributed by atoms with Crippen LogP contribution in [0.1, 0.15) is 47.8 Å². The van der Waals surface area contributed by atoms with Crippen LogP contribution in [0.3, 0.4) is 0 Å². The Kier molecular flexibility index (Phi) is 4.86. The summed E-state index contributed by atoms with van der Waals surface area (Å²) in [5, 5.41) is 5.47. The van der Waals surface area contributed by atoms with Gasteiger partial charge in [-0.05, 0) is 35.9 Å². The largest absolute Gasteiger partial charge is 0.454 e. The van der Waals surface area contributed by atoms with Crippen LogP contribution in [0.2, 0.25) is 5.28 Å². The van der Waals surface area contributed by atoms with E-state index in [1.807, 2.05) is 11.4 Å². The number of nitrogens with two attached hydrogens (primary N) is 1. The zero-order chi connectivity index (χ0) is 18.1. The summed E-state index contributed by atoms with van der Waals surface area (Å²) in [7, 11) is 0. The molecule has 0 amide bonds. The van der Waals surface area contributed by atoms with Gasteiger partial charge in [-0.25, -0.2) is 4.98 Å². The van der Waals surface area contributed by atoms with Crippen LogP contribution in [0.4, 0.5) is 5.82 Å². The molecular formula is C19H19ClN4OS. The van der Waals surface area contributed by atoms with Crippen LogP contribution >= 0.6 is 22.9 Å². The van der Waals surface area contributed by atoms with E-state index >= 15 is 0 Å². The van der Waals surface area contributed by atoms with E-state index in [4.69, 9.17) is 28.2 Å². The van der Waals surface area contributed by atoms with Crippen LogP contribution in [0.25, 0.3) is 11.1 Å². The number of rotatable bonds is 4. The van der Waals surface area contributed by atoms with Crippen molar-refractivity contribution in [3.8, 4) is 12.3 Å². The average Bonchev–Trinajstić information content (AvgIpc) is 3.27. The van der Waals surface area contributed by atoms with Crippen molar-refractivity contribution in [3.63, 3.8) is 0 Å². The SMILES string of the molecule is C#Cc1c([C@H]2CCCC[C@@H]2N)oc2c(NCc3cccs3)nc(Cl)nc12. The Hall–Kier alpha value is -2.07. The maximum Gasteiger partial charge on any atom is 0.225 e. The van der Waals surface area contributed by atoms with Crippen molar-refractivity contribution in [1.29, 1.82) is 0 Å². The summed E-state index contributed by atoms with van der Waals surface area (Å²) in [6.07, 6.45) is 9.99. The first-order valence-corrected chi connectivity index (χ1v) is 9.91. The van der Waals surface area contributed by atoms with Crippen LogP contribution in [0, 0.1) is 12.3 Å². The molecule has 0 unspecified atom stereocenters. The fraction of sp³-hybridized carbons (Fsp3) is 0.368. The second kappa shape index (κ2) is 7.28. The lowest BCUT2D eigenvalue weighted by Gasteiger charge is -2.27. The second-order valence-electron chi connectivity index (χ2n) is 6.49. The maximum absolute atomic E-state index is 6.34. The molecule has 1 aliphatic carbocycles. The van der Waals surface area contributed by atoms with Crippen LogP contribution in [0.15, 0.2) is 21.9 Å². The lowest BCUT2D eigenvalue weighted by molar-refractivity contribution is 0.341. The fourth-order valence-corrected chi connectivity index (χ4v) is 4.37. The lowest BCUT2D eigenvalue weighted by atomic mass is 9.82. The number of anilines is 1. The number of terminal acetylenes is 1. The summed E-state index contributed by atoms with van der Waals surface area (Å²) in [5.74, 6) is 4.14. The number of fused-ring (bicyclic) bond motifs is 1. The van der Waals surface area contributed by atoms with Crippen molar-refractivity contribution >= 4 is 39.9 Å². The quantitative estimate of drug-likeness (QED) is 0.509. The minimum Gasteiger partial charge on any atom is -0.454 e. The molecule has 3 aromatic heterocycles. The molecule has 3 aromatic rings. The first kappa shape index (κ1) is 17.3. The summed E-state index contributed by atoms with van der Waals surface area (Å²) < 4.78 is 6.19. The monoisotopic (exact) mass is 386 g/mol. The molecule has 1 saturated carbocycles. The molecule has 0 saturated heterocycles. The highest BCUT2D eigenvalue weighted by Gasteiger charge is 2.31. The molecule has 5 nitrogen and oxygen atoms in total. The zero-order valence-corrected chi connectivity index (χ0v) is 15.7. The predicted octanol–water partition coefficient (Wildman–Crippen LogP) is 4.52. The second-order valence-corrected chi connectivity index (χ2v) is 7.86. The van der Waals surface area contributed by atoms with Gasteiger partial charge in [0.1, 0.15) is 11.3 Å². The third-order valence-corrected chi connectivity index (χ3v) is 5.89. The van der Waals surface area contributed by atoms with Gasteiger partial charge in [-0.15, -0.1) is 17.8 Å². The standard InChI is InChI=1S/C19H19ClN4OS/c1-2-12-15-17(25-16(12)13-7-3-4-8-14(13)21)18(24-19(20)23-15)22-10-11-6-5-9-26-11/h1,5-6,9,13-14H,3-4,7-8,10,21H2,(H,22,23,24)/t13-,14-/m0/s1. The molecule has 0 bridgehead atoms. The smallest absolute Gasteiger partial charge is 0.225 e. The Morgan fingerprint density at radius 1 is 1.38 bits per heavy atom. The Labute approximate surface area is 161 Å². The van der Waals surface area contributed by atoms with Gasteiger partial charge in [-0.3, -0.25) is 0 Å². The molecule has 1 aliphatic rings. The van der Waals surface area contributed by atoms with E-state index in [1.54, 1.807) is 11.3 Å². The topological polar surface area (TPSA) is 77.0 Å². The highest BCUT2D eigenvalue weighted by Crippen LogP contribution is 2.39. The molecule has 26 heavy (non-hydrogen) atoms. The van der Waals surface area contributed by atoms with Gasteiger partial charge in [0.15, 0.2) is 11.4 Å². The number of nitrogens with zero attached hydrogens (tertiary/aromatic N) is 2. The molecule has 0 aromatic carbocycles. The van der Waals surface area contributed by atoms with Gasteiger partial charge in [0.05, 0.1) is 12.1 Å². The number of aromatic nitrogens is 2. The van der Waals surface area contributed by atoms with Crippen molar-refractivity contribution in [2.75, 3.05) is 5.32 Å². The van der Waals surface area contributed by atoms with Crippen molar-refractivity contribution in [2.24, 2.45) is 5.73 Å². The highest BCUT2D eigenvalue weighted by molar-refractivity contribution is 7.09. The molecule has 7 heteroatoms. The van der Waals surface area contributed by atoms with Crippen LogP contribution < -0.4 is 11.1 Å². The first-order chi connectivity index (χ1) is 12.7. The third-order valence-electron chi connectivity index (χ3n) is 4.84. The van der Waals surface area contributed by atoms with E-state index in [2.05, 4.69) is 27.3 Å². The zero-order valence-electron chi connectivity index (χ0n) is 14.2. The molecular weight excluding hydrogens is 368 g/mol. The van der Waals surface area contributed by atoms with Crippen LogP contribution in [-0.4, -0.2) is 16.0 Å². The average molecular weight is 387 g/mol. The van der Waals surface area contributed by atoms with Gasteiger partial charge in [0, 0.05) is 16.8 Å². The molecule has 4 rings (SSSR count). The number of nitrogens with one attached hydrogen (secondary N) is 1. The molecule has 1 fully saturated rings. The predicted molar refractivity (Wildman–Crippen MR) is 106 cm³/mol. The Balaban J connectivity index is 1.77. The van der Waals surface area contributed by atoms with E-state index in [0.29, 0.717) is 29.0 Å². The number of hydrogen-bond acceptors (Lipinski definition) is 6. The van der Waals surface area contributed by atoms with Crippen molar-refractivity contribution in [2.45, 2.75) is 44.2 Å². The minimum absolute atomic E-state index is 0.0439. The van der Waals surface area contributed by atoms with E-state index in [0.717, 1.165) is 31.4 Å². The van der Waals surface area contributed by atoms with Crippen LogP contribution in [-0.2, 0) is 6.54 Å². The van der Waals surface area contributed by atoms with E-state index in [1.165, 1.54) is 4.88 Å². The molecule has 0 aliphatic heterocycles. The van der Waals surface area contributed by atoms with Gasteiger partial charge in [0.25, 0.3) is 0 Å². The van der Waals surface area contributed by atoms with Crippen LogP contribution in [0.5, 0.6) is 0 Å².